The first-order valence-electron chi connectivity index (χ1n) is 5.60. The molecule has 3 nitrogen and oxygen atoms in total. The van der Waals surface area contributed by atoms with Gasteiger partial charge >= 0.3 is 0 Å². The number of carbonyl (C=O) groups excluding carboxylic acids is 1. The number of carbonyl (C=O) groups is 1. The van der Waals surface area contributed by atoms with Gasteiger partial charge < -0.3 is 10.1 Å². The van der Waals surface area contributed by atoms with Crippen molar-refractivity contribution in [1.82, 2.24) is 5.32 Å². The Balaban J connectivity index is 2.55. The molecule has 0 fully saturated rings. The molecule has 1 N–H and O–H groups in total. The molecule has 0 atom stereocenters. The van der Waals surface area contributed by atoms with Crippen LogP contribution in [0.2, 0.25) is 5.02 Å². The van der Waals surface area contributed by atoms with E-state index in [1.807, 2.05) is 12.1 Å². The molecule has 1 aromatic rings. The van der Waals surface area contributed by atoms with Crippen molar-refractivity contribution in [2.24, 2.45) is 0 Å². The molecule has 0 saturated carbocycles. The highest BCUT2D eigenvalue weighted by Gasteiger charge is 2.05. The molecular formula is C14H14ClNO2S. The second-order valence-corrected chi connectivity index (χ2v) is 4.89. The number of nitrogens with one attached hydrogen (secondary N) is 1. The molecule has 0 saturated heterocycles. The van der Waals surface area contributed by atoms with E-state index in [0.717, 1.165) is 5.56 Å². The van der Waals surface area contributed by atoms with E-state index in [-0.39, 0.29) is 12.3 Å². The van der Waals surface area contributed by atoms with Crippen LogP contribution in [0.3, 0.4) is 0 Å². The van der Waals surface area contributed by atoms with Crippen molar-refractivity contribution >= 4 is 34.6 Å². The maximum atomic E-state index is 11.2. The van der Waals surface area contributed by atoms with Crippen molar-refractivity contribution in [2.75, 3.05) is 13.7 Å². The maximum Gasteiger partial charge on any atom is 0.232 e. The quantitative estimate of drug-likeness (QED) is 0.647. The summed E-state index contributed by atoms with van der Waals surface area (Å²) in [4.78, 5) is 11.9. The summed E-state index contributed by atoms with van der Waals surface area (Å²) in [5.74, 6) is 2.76. The Morgan fingerprint density at radius 3 is 2.89 bits per heavy atom. The predicted octanol–water partition coefficient (Wildman–Crippen LogP) is 2.40. The van der Waals surface area contributed by atoms with E-state index < -0.39 is 0 Å². The van der Waals surface area contributed by atoms with Crippen LogP contribution in [0.1, 0.15) is 12.0 Å². The Bertz CT molecular complexity index is 523. The number of thiocarbonyl (C=S) groups is 1. The Morgan fingerprint density at radius 2 is 2.26 bits per heavy atom. The largest absolute Gasteiger partial charge is 0.497 e. The number of rotatable bonds is 6. The average Bonchev–Trinajstić information content (AvgIpc) is 2.36. The zero-order valence-electron chi connectivity index (χ0n) is 10.5. The molecule has 1 aromatic carbocycles. The lowest BCUT2D eigenvalue weighted by Crippen LogP contribution is -2.28. The van der Waals surface area contributed by atoms with Gasteiger partial charge in [-0.2, -0.15) is 0 Å². The van der Waals surface area contributed by atoms with E-state index in [4.69, 9.17) is 35.0 Å². The first kappa shape index (κ1) is 15.5. The zero-order valence-corrected chi connectivity index (χ0v) is 12.1. The average molecular weight is 296 g/mol. The van der Waals surface area contributed by atoms with E-state index in [1.165, 1.54) is 0 Å². The van der Waals surface area contributed by atoms with Gasteiger partial charge in [0, 0.05) is 22.9 Å². The van der Waals surface area contributed by atoms with E-state index >= 15 is 0 Å². The van der Waals surface area contributed by atoms with Gasteiger partial charge in [-0.1, -0.05) is 29.7 Å². The van der Waals surface area contributed by atoms with Crippen molar-refractivity contribution < 1.29 is 9.53 Å². The maximum absolute atomic E-state index is 11.2. The number of benzene rings is 1. The molecule has 0 aliphatic rings. The molecule has 0 aliphatic heterocycles. The first-order valence-corrected chi connectivity index (χ1v) is 6.39. The van der Waals surface area contributed by atoms with Gasteiger partial charge in [0.2, 0.25) is 5.91 Å². The highest BCUT2D eigenvalue weighted by Crippen LogP contribution is 2.21. The third-order valence-corrected chi connectivity index (χ3v) is 2.82. The predicted molar refractivity (Wildman–Crippen MR) is 80.8 cm³/mol. The minimum atomic E-state index is -0.200. The number of amides is 1. The van der Waals surface area contributed by atoms with Gasteiger partial charge in [-0.3, -0.25) is 4.79 Å². The Labute approximate surface area is 123 Å². The normalized spacial score (nSPS) is 9.53. The summed E-state index contributed by atoms with van der Waals surface area (Å²) in [5, 5.41) is 3.25. The lowest BCUT2D eigenvalue weighted by atomic mass is 10.1. The fourth-order valence-corrected chi connectivity index (χ4v) is 1.97. The molecule has 5 heteroatoms. The third-order valence-electron chi connectivity index (χ3n) is 2.31. The summed E-state index contributed by atoms with van der Waals surface area (Å²) < 4.78 is 5.13. The molecule has 1 amide bonds. The molecule has 0 aliphatic carbocycles. The van der Waals surface area contributed by atoms with E-state index in [1.54, 1.807) is 13.2 Å². The molecule has 0 unspecified atom stereocenters. The first-order chi connectivity index (χ1) is 9.05. The molecule has 0 heterocycles. The fourth-order valence-electron chi connectivity index (χ4n) is 1.48. The van der Waals surface area contributed by atoms with Crippen LogP contribution in [0.5, 0.6) is 5.75 Å². The van der Waals surface area contributed by atoms with Gasteiger partial charge in [0.1, 0.15) is 5.75 Å². The van der Waals surface area contributed by atoms with Crippen LogP contribution in [-0.4, -0.2) is 24.4 Å². The summed E-state index contributed by atoms with van der Waals surface area (Å²) >= 11 is 11.2. The van der Waals surface area contributed by atoms with Crippen molar-refractivity contribution in [3.05, 3.63) is 28.8 Å². The smallest absolute Gasteiger partial charge is 0.232 e. The van der Waals surface area contributed by atoms with E-state index in [9.17, 15) is 4.79 Å². The molecule has 0 spiro atoms. The van der Waals surface area contributed by atoms with Crippen molar-refractivity contribution in [3.63, 3.8) is 0 Å². The van der Waals surface area contributed by atoms with E-state index in [0.29, 0.717) is 28.6 Å². The second-order valence-electron chi connectivity index (χ2n) is 3.87. The molecule has 1 rings (SSSR count). The number of hydrogen-bond acceptors (Lipinski definition) is 3. The van der Waals surface area contributed by atoms with Crippen molar-refractivity contribution in [3.8, 4) is 18.1 Å². The number of halogens is 1. The Morgan fingerprint density at radius 1 is 1.53 bits per heavy atom. The minimum absolute atomic E-state index is 0.0631. The lowest BCUT2D eigenvalue weighted by Gasteiger charge is -2.08. The lowest BCUT2D eigenvalue weighted by molar-refractivity contribution is -0.119. The fraction of sp³-hybridized carbons (Fsp3) is 0.286. The van der Waals surface area contributed by atoms with Gasteiger partial charge in [-0.05, 0) is 23.8 Å². The summed E-state index contributed by atoms with van der Waals surface area (Å²) in [6.07, 6.45) is 5.64. The number of hydrogen-bond donors (Lipinski definition) is 1. The highest BCUT2D eigenvalue weighted by atomic mass is 35.5. The molecule has 0 aromatic heterocycles. The van der Waals surface area contributed by atoms with Crippen LogP contribution in [0.4, 0.5) is 0 Å². The summed E-state index contributed by atoms with van der Waals surface area (Å²) in [7, 11) is 1.58. The van der Waals surface area contributed by atoms with Gasteiger partial charge in [-0.25, -0.2) is 0 Å². The molecule has 0 bridgehead atoms. The van der Waals surface area contributed by atoms with Crippen LogP contribution in [-0.2, 0) is 11.2 Å². The monoisotopic (exact) mass is 295 g/mol. The number of terminal acetylenes is 1. The molecule has 19 heavy (non-hydrogen) atoms. The minimum Gasteiger partial charge on any atom is -0.497 e. The second kappa shape index (κ2) is 7.78. The van der Waals surface area contributed by atoms with Gasteiger partial charge in [0.25, 0.3) is 0 Å². The van der Waals surface area contributed by atoms with Crippen LogP contribution < -0.4 is 10.1 Å². The summed E-state index contributed by atoms with van der Waals surface area (Å²) in [6.45, 7) is 0.324. The SMILES string of the molecule is C#CCC(=O)NCC(=S)Cc1cc(Cl)cc(OC)c1. The molecular weight excluding hydrogens is 282 g/mol. The highest BCUT2D eigenvalue weighted by molar-refractivity contribution is 7.80. The summed E-state index contributed by atoms with van der Waals surface area (Å²) in [5.41, 5.74) is 0.945. The number of ether oxygens (including phenoxy) is 1. The van der Waals surface area contributed by atoms with Crippen molar-refractivity contribution in [1.29, 1.82) is 0 Å². The van der Waals surface area contributed by atoms with Gasteiger partial charge in [0.05, 0.1) is 13.5 Å². The van der Waals surface area contributed by atoms with Crippen LogP contribution >= 0.6 is 23.8 Å². The van der Waals surface area contributed by atoms with Crippen LogP contribution in [0.25, 0.3) is 0 Å². The van der Waals surface area contributed by atoms with Gasteiger partial charge in [0.15, 0.2) is 0 Å². The van der Waals surface area contributed by atoms with Crippen molar-refractivity contribution in [2.45, 2.75) is 12.8 Å². The molecule has 0 radical (unpaired) electrons. The summed E-state index contributed by atoms with van der Waals surface area (Å²) in [6, 6.07) is 5.41. The van der Waals surface area contributed by atoms with Crippen LogP contribution in [0, 0.1) is 12.3 Å². The zero-order chi connectivity index (χ0) is 14.3. The third kappa shape index (κ3) is 5.73. The Kier molecular flexibility index (Phi) is 6.34. The number of methoxy groups -OCH3 is 1. The topological polar surface area (TPSA) is 38.3 Å². The standard InChI is InChI=1S/C14H14ClNO2S/c1-3-4-14(17)16-9-13(19)7-10-5-11(15)8-12(6-10)18-2/h1,5-6,8H,4,7,9H2,2H3,(H,16,17). The van der Waals surface area contributed by atoms with E-state index in [2.05, 4.69) is 11.2 Å². The molecule has 100 valence electrons. The Hall–Kier alpha value is -1.57. The van der Waals surface area contributed by atoms with Gasteiger partial charge in [-0.15, -0.1) is 6.42 Å². The van der Waals surface area contributed by atoms with Crippen LogP contribution in [0.15, 0.2) is 18.2 Å².